The zero-order valence-corrected chi connectivity index (χ0v) is 12.3. The van der Waals surface area contributed by atoms with Gasteiger partial charge in [-0.2, -0.15) is 0 Å². The van der Waals surface area contributed by atoms with Gasteiger partial charge in [0.1, 0.15) is 11.8 Å². The lowest BCUT2D eigenvalue weighted by molar-refractivity contribution is 1.10. The summed E-state index contributed by atoms with van der Waals surface area (Å²) >= 11 is 12.4. The minimum absolute atomic E-state index is 0.670. The van der Waals surface area contributed by atoms with Gasteiger partial charge in [-0.25, -0.2) is 4.98 Å². The fourth-order valence-electron chi connectivity index (χ4n) is 2.50. The van der Waals surface area contributed by atoms with Crippen LogP contribution in [0.4, 0.5) is 0 Å². The molecule has 102 valence electrons. The highest BCUT2D eigenvalue weighted by molar-refractivity contribution is 6.32. The first-order valence-corrected chi connectivity index (χ1v) is 7.16. The maximum absolute atomic E-state index is 6.31. The van der Waals surface area contributed by atoms with Crippen LogP contribution in [-0.4, -0.2) is 14.5 Å². The minimum atomic E-state index is 0.670. The zero-order chi connectivity index (χ0) is 14.4. The number of hydrogen-bond acceptors (Lipinski definition) is 2. The monoisotopic (exact) mass is 313 g/mol. The van der Waals surface area contributed by atoms with Gasteiger partial charge in [-0.15, -0.1) is 0 Å². The van der Waals surface area contributed by atoms with Crippen LogP contribution in [0.25, 0.3) is 27.6 Å². The molecule has 4 rings (SSSR count). The van der Waals surface area contributed by atoms with Gasteiger partial charge in [0, 0.05) is 10.4 Å². The molecule has 0 saturated carbocycles. The van der Waals surface area contributed by atoms with Crippen LogP contribution in [0, 0.1) is 0 Å². The molecule has 21 heavy (non-hydrogen) atoms. The smallest absolute Gasteiger partial charge is 0.108 e. The Balaban J connectivity index is 2.16. The fourth-order valence-corrected chi connectivity index (χ4v) is 2.89. The van der Waals surface area contributed by atoms with Crippen LogP contribution >= 0.6 is 23.2 Å². The molecule has 0 saturated heterocycles. The van der Waals surface area contributed by atoms with Gasteiger partial charge >= 0.3 is 0 Å². The SMILES string of the molecule is Clc1ccc2ncc3ncn(-c4ccccc4Cl)c3c2c1. The van der Waals surface area contributed by atoms with Crippen molar-refractivity contribution >= 4 is 45.1 Å². The fraction of sp³-hybridized carbons (Fsp3) is 0. The Hall–Kier alpha value is -2.10. The standard InChI is InChI=1S/C16H9Cl2N3/c17-10-5-6-13-11(7-10)16-14(8-19-13)20-9-21(16)15-4-2-1-3-12(15)18/h1-9H. The number of imidazole rings is 1. The first-order valence-electron chi connectivity index (χ1n) is 6.40. The Labute approximate surface area is 130 Å². The molecule has 0 bridgehead atoms. The molecule has 0 spiro atoms. The number of pyridine rings is 1. The van der Waals surface area contributed by atoms with E-state index in [0.29, 0.717) is 10.0 Å². The lowest BCUT2D eigenvalue weighted by Crippen LogP contribution is -1.94. The third-order valence-corrected chi connectivity index (χ3v) is 4.00. The van der Waals surface area contributed by atoms with Gasteiger partial charge in [-0.1, -0.05) is 35.3 Å². The molecule has 2 aromatic carbocycles. The summed E-state index contributed by atoms with van der Waals surface area (Å²) in [5.41, 5.74) is 3.52. The predicted molar refractivity (Wildman–Crippen MR) is 86.4 cm³/mol. The van der Waals surface area contributed by atoms with Crippen molar-refractivity contribution in [1.29, 1.82) is 0 Å². The Kier molecular flexibility index (Phi) is 2.84. The number of hydrogen-bond donors (Lipinski definition) is 0. The Morgan fingerprint density at radius 3 is 2.62 bits per heavy atom. The maximum atomic E-state index is 6.31. The van der Waals surface area contributed by atoms with Gasteiger partial charge in [0.05, 0.1) is 27.9 Å². The van der Waals surface area contributed by atoms with Gasteiger partial charge in [-0.05, 0) is 30.3 Å². The molecule has 0 radical (unpaired) electrons. The molecular formula is C16H9Cl2N3. The summed E-state index contributed by atoms with van der Waals surface area (Å²) in [6, 6.07) is 13.3. The molecule has 0 amide bonds. The van der Waals surface area contributed by atoms with E-state index in [-0.39, 0.29) is 0 Å². The lowest BCUT2D eigenvalue weighted by atomic mass is 10.2. The van der Waals surface area contributed by atoms with Crippen molar-refractivity contribution in [1.82, 2.24) is 14.5 Å². The first-order chi connectivity index (χ1) is 10.2. The number of para-hydroxylation sites is 1. The molecular weight excluding hydrogens is 305 g/mol. The Bertz CT molecular complexity index is 976. The second-order valence-electron chi connectivity index (χ2n) is 4.72. The van der Waals surface area contributed by atoms with E-state index in [1.165, 1.54) is 0 Å². The molecule has 5 heteroatoms. The van der Waals surface area contributed by atoms with Gasteiger partial charge < -0.3 is 0 Å². The molecule has 2 heterocycles. The summed E-state index contributed by atoms with van der Waals surface area (Å²) in [5.74, 6) is 0. The summed E-state index contributed by atoms with van der Waals surface area (Å²) in [5, 5.41) is 2.30. The summed E-state index contributed by atoms with van der Waals surface area (Å²) in [7, 11) is 0. The van der Waals surface area contributed by atoms with Crippen LogP contribution in [0.5, 0.6) is 0 Å². The molecule has 0 fully saturated rings. The maximum Gasteiger partial charge on any atom is 0.108 e. The topological polar surface area (TPSA) is 30.7 Å². The van der Waals surface area contributed by atoms with Gasteiger partial charge in [-0.3, -0.25) is 9.55 Å². The quantitative estimate of drug-likeness (QED) is 0.501. The van der Waals surface area contributed by atoms with Gasteiger partial charge in [0.15, 0.2) is 0 Å². The van der Waals surface area contributed by atoms with Gasteiger partial charge in [0.2, 0.25) is 0 Å². The number of fused-ring (bicyclic) bond motifs is 3. The molecule has 3 nitrogen and oxygen atoms in total. The summed E-state index contributed by atoms with van der Waals surface area (Å²) in [6.07, 6.45) is 3.52. The van der Waals surface area contributed by atoms with E-state index in [1.54, 1.807) is 12.5 Å². The van der Waals surface area contributed by atoms with Gasteiger partial charge in [0.25, 0.3) is 0 Å². The zero-order valence-electron chi connectivity index (χ0n) is 10.8. The highest BCUT2D eigenvalue weighted by Crippen LogP contribution is 2.29. The number of halogens is 2. The van der Waals surface area contributed by atoms with Crippen LogP contribution in [0.3, 0.4) is 0 Å². The van der Waals surface area contributed by atoms with E-state index in [4.69, 9.17) is 23.2 Å². The first kappa shape index (κ1) is 12.6. The number of nitrogens with zero attached hydrogens (tertiary/aromatic N) is 3. The van der Waals surface area contributed by atoms with E-state index >= 15 is 0 Å². The molecule has 0 aliphatic heterocycles. The van der Waals surface area contributed by atoms with E-state index < -0.39 is 0 Å². The molecule has 0 atom stereocenters. The van der Waals surface area contributed by atoms with E-state index in [2.05, 4.69) is 9.97 Å². The summed E-state index contributed by atoms with van der Waals surface area (Å²) in [4.78, 5) is 8.83. The normalized spacial score (nSPS) is 11.3. The summed E-state index contributed by atoms with van der Waals surface area (Å²) in [6.45, 7) is 0. The average molecular weight is 314 g/mol. The molecule has 0 aliphatic rings. The van der Waals surface area contributed by atoms with E-state index in [9.17, 15) is 0 Å². The third kappa shape index (κ3) is 1.97. The number of aromatic nitrogens is 3. The van der Waals surface area contributed by atoms with Crippen molar-refractivity contribution in [2.24, 2.45) is 0 Å². The number of benzene rings is 2. The van der Waals surface area contributed by atoms with Crippen LogP contribution < -0.4 is 0 Å². The van der Waals surface area contributed by atoms with Crippen LogP contribution in [0.1, 0.15) is 0 Å². The second-order valence-corrected chi connectivity index (χ2v) is 5.56. The highest BCUT2D eigenvalue weighted by atomic mass is 35.5. The predicted octanol–water partition coefficient (Wildman–Crippen LogP) is 4.88. The van der Waals surface area contributed by atoms with Crippen molar-refractivity contribution in [3.05, 3.63) is 65.0 Å². The van der Waals surface area contributed by atoms with Crippen LogP contribution in [0.2, 0.25) is 10.0 Å². The minimum Gasteiger partial charge on any atom is -0.297 e. The van der Waals surface area contributed by atoms with E-state index in [0.717, 1.165) is 27.6 Å². The Morgan fingerprint density at radius 1 is 0.905 bits per heavy atom. The summed E-state index contributed by atoms with van der Waals surface area (Å²) < 4.78 is 1.97. The van der Waals surface area contributed by atoms with Crippen molar-refractivity contribution in [2.75, 3.05) is 0 Å². The third-order valence-electron chi connectivity index (χ3n) is 3.45. The Morgan fingerprint density at radius 2 is 1.76 bits per heavy atom. The molecule has 0 unspecified atom stereocenters. The van der Waals surface area contributed by atoms with Crippen molar-refractivity contribution in [3.63, 3.8) is 0 Å². The molecule has 0 aliphatic carbocycles. The highest BCUT2D eigenvalue weighted by Gasteiger charge is 2.11. The van der Waals surface area contributed by atoms with Crippen molar-refractivity contribution in [3.8, 4) is 5.69 Å². The van der Waals surface area contributed by atoms with Crippen LogP contribution in [0.15, 0.2) is 55.0 Å². The second kappa shape index (κ2) is 4.72. The largest absolute Gasteiger partial charge is 0.297 e. The number of rotatable bonds is 1. The molecule has 4 aromatic rings. The lowest BCUT2D eigenvalue weighted by Gasteiger charge is -2.08. The van der Waals surface area contributed by atoms with Crippen molar-refractivity contribution < 1.29 is 0 Å². The van der Waals surface area contributed by atoms with E-state index in [1.807, 2.05) is 47.0 Å². The van der Waals surface area contributed by atoms with Crippen LogP contribution in [-0.2, 0) is 0 Å². The average Bonchev–Trinajstić information content (AvgIpc) is 2.92. The molecule has 0 N–H and O–H groups in total. The van der Waals surface area contributed by atoms with Crippen molar-refractivity contribution in [2.45, 2.75) is 0 Å². The molecule has 2 aromatic heterocycles.